The van der Waals surface area contributed by atoms with Gasteiger partial charge in [-0.15, -0.1) is 0 Å². The first-order valence-corrected chi connectivity index (χ1v) is 5.99. The Morgan fingerprint density at radius 3 is 2.88 bits per heavy atom. The van der Waals surface area contributed by atoms with E-state index in [0.29, 0.717) is 13.0 Å². The quantitative estimate of drug-likeness (QED) is 0.802. The Kier molecular flexibility index (Phi) is 2.33. The van der Waals surface area contributed by atoms with Crippen LogP contribution in [0.5, 0.6) is 5.75 Å². The Morgan fingerprint density at radius 2 is 2.24 bits per heavy atom. The highest BCUT2D eigenvalue weighted by atomic mass is 16.5. The smallest absolute Gasteiger partial charge is 0.261 e. The Bertz CT molecular complexity index is 429. The first-order chi connectivity index (χ1) is 8.22. The molecular formula is C13H16N2O2. The van der Waals surface area contributed by atoms with E-state index in [1.54, 1.807) is 0 Å². The molecule has 4 nitrogen and oxygen atoms in total. The largest absolute Gasteiger partial charge is 0.480 e. The van der Waals surface area contributed by atoms with Gasteiger partial charge in [-0.05, 0) is 24.5 Å². The normalized spacial score (nSPS) is 23.7. The van der Waals surface area contributed by atoms with Crippen molar-refractivity contribution in [3.63, 3.8) is 0 Å². The van der Waals surface area contributed by atoms with Gasteiger partial charge in [0.1, 0.15) is 5.75 Å². The SMILES string of the molecule is NCC1(NC(=O)C2Cc3ccccc3O2)CC1. The topological polar surface area (TPSA) is 64.3 Å². The Labute approximate surface area is 100 Å². The van der Waals surface area contributed by atoms with Crippen molar-refractivity contribution in [3.8, 4) is 5.75 Å². The molecule has 0 radical (unpaired) electrons. The van der Waals surface area contributed by atoms with Gasteiger partial charge in [0.2, 0.25) is 0 Å². The molecule has 1 saturated carbocycles. The molecule has 1 aliphatic carbocycles. The average Bonchev–Trinajstić information content (AvgIpc) is 2.98. The highest BCUT2D eigenvalue weighted by Crippen LogP contribution is 2.35. The summed E-state index contributed by atoms with van der Waals surface area (Å²) in [6.07, 6.45) is 2.23. The van der Waals surface area contributed by atoms with Gasteiger partial charge in [-0.2, -0.15) is 0 Å². The van der Waals surface area contributed by atoms with Crippen molar-refractivity contribution in [3.05, 3.63) is 29.8 Å². The minimum atomic E-state index is -0.392. The number of carbonyl (C=O) groups is 1. The van der Waals surface area contributed by atoms with Crippen molar-refractivity contribution in [2.24, 2.45) is 5.73 Å². The third kappa shape index (κ3) is 1.89. The Balaban J connectivity index is 1.66. The van der Waals surface area contributed by atoms with Crippen molar-refractivity contribution in [2.45, 2.75) is 30.9 Å². The van der Waals surface area contributed by atoms with Crippen LogP contribution in [0.15, 0.2) is 24.3 Å². The van der Waals surface area contributed by atoms with E-state index in [0.717, 1.165) is 24.2 Å². The van der Waals surface area contributed by atoms with Crippen LogP contribution in [0.1, 0.15) is 18.4 Å². The molecule has 1 fully saturated rings. The minimum Gasteiger partial charge on any atom is -0.480 e. The van der Waals surface area contributed by atoms with Crippen LogP contribution in [0.25, 0.3) is 0 Å². The number of carbonyl (C=O) groups excluding carboxylic acids is 1. The summed E-state index contributed by atoms with van der Waals surface area (Å²) in [5.41, 5.74) is 6.60. The molecule has 90 valence electrons. The van der Waals surface area contributed by atoms with Crippen LogP contribution < -0.4 is 15.8 Å². The van der Waals surface area contributed by atoms with Gasteiger partial charge in [0.25, 0.3) is 5.91 Å². The van der Waals surface area contributed by atoms with Crippen LogP contribution in [0.4, 0.5) is 0 Å². The van der Waals surface area contributed by atoms with E-state index in [1.165, 1.54) is 0 Å². The number of hydrogen-bond acceptors (Lipinski definition) is 3. The monoisotopic (exact) mass is 232 g/mol. The summed E-state index contributed by atoms with van der Waals surface area (Å²) < 4.78 is 5.63. The van der Waals surface area contributed by atoms with E-state index < -0.39 is 6.10 Å². The van der Waals surface area contributed by atoms with E-state index in [4.69, 9.17) is 10.5 Å². The summed E-state index contributed by atoms with van der Waals surface area (Å²) >= 11 is 0. The van der Waals surface area contributed by atoms with Crippen LogP contribution in [0.2, 0.25) is 0 Å². The highest BCUT2D eigenvalue weighted by Gasteiger charge is 2.44. The molecule has 2 aliphatic rings. The fourth-order valence-corrected chi connectivity index (χ4v) is 2.20. The van der Waals surface area contributed by atoms with Gasteiger partial charge in [0, 0.05) is 13.0 Å². The summed E-state index contributed by atoms with van der Waals surface area (Å²) in [5, 5.41) is 3.00. The first kappa shape index (κ1) is 10.6. The van der Waals surface area contributed by atoms with Gasteiger partial charge >= 0.3 is 0 Å². The fourth-order valence-electron chi connectivity index (χ4n) is 2.20. The maximum atomic E-state index is 12.0. The lowest BCUT2D eigenvalue weighted by atomic mass is 10.1. The standard InChI is InChI=1S/C13H16N2O2/c14-8-13(5-6-13)15-12(16)11-7-9-3-1-2-4-10(9)17-11/h1-4,11H,5-8,14H2,(H,15,16). The minimum absolute atomic E-state index is 0.0378. The van der Waals surface area contributed by atoms with E-state index in [2.05, 4.69) is 5.32 Å². The third-order valence-electron chi connectivity index (χ3n) is 3.57. The zero-order chi connectivity index (χ0) is 11.9. The average molecular weight is 232 g/mol. The lowest BCUT2D eigenvalue weighted by molar-refractivity contribution is -0.128. The second kappa shape index (κ2) is 3.74. The van der Waals surface area contributed by atoms with Crippen LogP contribution >= 0.6 is 0 Å². The molecule has 1 heterocycles. The Hall–Kier alpha value is -1.55. The first-order valence-electron chi connectivity index (χ1n) is 5.99. The number of para-hydroxylation sites is 1. The molecule has 1 unspecified atom stereocenters. The van der Waals surface area contributed by atoms with Gasteiger partial charge < -0.3 is 15.8 Å². The summed E-state index contributed by atoms with van der Waals surface area (Å²) in [6, 6.07) is 7.78. The molecule has 0 aromatic heterocycles. The number of fused-ring (bicyclic) bond motifs is 1. The van der Waals surface area contributed by atoms with Gasteiger partial charge in [0.15, 0.2) is 6.10 Å². The Morgan fingerprint density at radius 1 is 1.47 bits per heavy atom. The zero-order valence-corrected chi connectivity index (χ0v) is 9.61. The molecule has 17 heavy (non-hydrogen) atoms. The van der Waals surface area contributed by atoms with Crippen LogP contribution in [-0.4, -0.2) is 24.1 Å². The summed E-state index contributed by atoms with van der Waals surface area (Å²) in [4.78, 5) is 12.0. The molecule has 1 aromatic rings. The van der Waals surface area contributed by atoms with Crippen molar-refractivity contribution >= 4 is 5.91 Å². The maximum Gasteiger partial charge on any atom is 0.261 e. The number of ether oxygens (including phenoxy) is 1. The number of rotatable bonds is 3. The predicted molar refractivity (Wildman–Crippen MR) is 63.7 cm³/mol. The molecule has 0 bridgehead atoms. The number of nitrogens with two attached hydrogens (primary N) is 1. The van der Waals surface area contributed by atoms with Gasteiger partial charge in [-0.1, -0.05) is 18.2 Å². The number of nitrogens with one attached hydrogen (secondary N) is 1. The molecule has 4 heteroatoms. The molecule has 1 aliphatic heterocycles. The number of benzene rings is 1. The van der Waals surface area contributed by atoms with E-state index >= 15 is 0 Å². The molecule has 1 amide bonds. The molecule has 1 atom stereocenters. The second-order valence-electron chi connectivity index (χ2n) is 4.89. The van der Waals surface area contributed by atoms with Crippen LogP contribution in [0.3, 0.4) is 0 Å². The summed E-state index contributed by atoms with van der Waals surface area (Å²) in [7, 11) is 0. The third-order valence-corrected chi connectivity index (χ3v) is 3.57. The van der Waals surface area contributed by atoms with Gasteiger partial charge in [0.05, 0.1) is 5.54 Å². The number of amides is 1. The van der Waals surface area contributed by atoms with Crippen molar-refractivity contribution in [1.29, 1.82) is 0 Å². The second-order valence-corrected chi connectivity index (χ2v) is 4.89. The summed E-state index contributed by atoms with van der Waals surface area (Å²) in [6.45, 7) is 0.512. The van der Waals surface area contributed by atoms with Crippen LogP contribution in [-0.2, 0) is 11.2 Å². The van der Waals surface area contributed by atoms with Crippen molar-refractivity contribution in [2.75, 3.05) is 6.54 Å². The van der Waals surface area contributed by atoms with Crippen molar-refractivity contribution < 1.29 is 9.53 Å². The van der Waals surface area contributed by atoms with E-state index in [-0.39, 0.29) is 11.4 Å². The fraction of sp³-hybridized carbons (Fsp3) is 0.462. The molecular weight excluding hydrogens is 216 g/mol. The van der Waals surface area contributed by atoms with Gasteiger partial charge in [-0.3, -0.25) is 4.79 Å². The molecule has 0 saturated heterocycles. The molecule has 3 N–H and O–H groups in total. The maximum absolute atomic E-state index is 12.0. The summed E-state index contributed by atoms with van der Waals surface area (Å²) in [5.74, 6) is 0.786. The van der Waals surface area contributed by atoms with Crippen LogP contribution in [0, 0.1) is 0 Å². The zero-order valence-electron chi connectivity index (χ0n) is 9.61. The number of hydrogen-bond donors (Lipinski definition) is 2. The van der Waals surface area contributed by atoms with Gasteiger partial charge in [-0.25, -0.2) is 0 Å². The molecule has 0 spiro atoms. The lowest BCUT2D eigenvalue weighted by Crippen LogP contribution is -2.48. The van der Waals surface area contributed by atoms with E-state index in [1.807, 2.05) is 24.3 Å². The molecule has 1 aromatic carbocycles. The predicted octanol–water partition coefficient (Wildman–Crippen LogP) is 0.598. The molecule has 3 rings (SSSR count). The van der Waals surface area contributed by atoms with E-state index in [9.17, 15) is 4.79 Å². The highest BCUT2D eigenvalue weighted by molar-refractivity contribution is 5.83. The van der Waals surface area contributed by atoms with Crippen molar-refractivity contribution in [1.82, 2.24) is 5.32 Å². The lowest BCUT2D eigenvalue weighted by Gasteiger charge is -2.18.